The molecule has 1 aliphatic rings. The van der Waals surface area contributed by atoms with Crippen molar-refractivity contribution in [1.29, 1.82) is 0 Å². The highest BCUT2D eigenvalue weighted by Crippen LogP contribution is 2.34. The molecule has 0 spiro atoms. The third kappa shape index (κ3) is 5.95. The van der Waals surface area contributed by atoms with Crippen LogP contribution in [-0.4, -0.2) is 34.4 Å². The summed E-state index contributed by atoms with van der Waals surface area (Å²) in [5.74, 6) is -0.358. The predicted octanol–water partition coefficient (Wildman–Crippen LogP) is 5.71. The van der Waals surface area contributed by atoms with E-state index in [2.05, 4.69) is 10.3 Å². The molecule has 0 saturated heterocycles. The Morgan fingerprint density at radius 1 is 1.30 bits per heavy atom. The SMILES string of the molecule is CC(C)(CSc1cnc(NC(=O)N(CC2CCCC2)c2ccc(F)cc2)s1)C(=O)O. The first-order valence-corrected chi connectivity index (χ1v) is 11.7. The van der Waals surface area contributed by atoms with Crippen molar-refractivity contribution in [1.82, 2.24) is 4.98 Å². The Balaban J connectivity index is 1.67. The maximum absolute atomic E-state index is 13.3. The molecule has 0 unspecified atom stereocenters. The van der Waals surface area contributed by atoms with E-state index in [1.807, 2.05) is 0 Å². The minimum atomic E-state index is -0.852. The van der Waals surface area contributed by atoms with E-state index in [9.17, 15) is 19.1 Å². The number of aliphatic carboxylic acids is 1. The number of aromatic nitrogens is 1. The molecule has 0 atom stereocenters. The van der Waals surface area contributed by atoms with Gasteiger partial charge >= 0.3 is 12.0 Å². The van der Waals surface area contributed by atoms with Crippen LogP contribution in [0.2, 0.25) is 0 Å². The minimum absolute atomic E-state index is 0.301. The van der Waals surface area contributed by atoms with Crippen LogP contribution in [0.1, 0.15) is 39.5 Å². The van der Waals surface area contributed by atoms with Crippen LogP contribution in [-0.2, 0) is 4.79 Å². The third-order valence-electron chi connectivity index (χ3n) is 5.15. The first-order valence-electron chi connectivity index (χ1n) is 9.91. The average Bonchev–Trinajstić information content (AvgIpc) is 3.37. The minimum Gasteiger partial charge on any atom is -0.481 e. The lowest BCUT2D eigenvalue weighted by Gasteiger charge is -2.25. The zero-order chi connectivity index (χ0) is 21.7. The van der Waals surface area contributed by atoms with Gasteiger partial charge in [-0.3, -0.25) is 15.0 Å². The van der Waals surface area contributed by atoms with Crippen molar-refractivity contribution in [2.75, 3.05) is 22.5 Å². The van der Waals surface area contributed by atoms with Gasteiger partial charge in [-0.05, 0) is 56.9 Å². The molecule has 1 aliphatic carbocycles. The molecule has 1 aromatic heterocycles. The number of hydrogen-bond donors (Lipinski definition) is 2. The Kier molecular flexibility index (Phi) is 7.36. The molecule has 0 aliphatic heterocycles. The van der Waals surface area contributed by atoms with Gasteiger partial charge in [0.25, 0.3) is 0 Å². The fourth-order valence-electron chi connectivity index (χ4n) is 3.23. The van der Waals surface area contributed by atoms with Gasteiger partial charge in [0.2, 0.25) is 0 Å². The second-order valence-electron chi connectivity index (χ2n) is 8.13. The Hall–Kier alpha value is -2.13. The summed E-state index contributed by atoms with van der Waals surface area (Å²) >= 11 is 2.72. The van der Waals surface area contributed by atoms with Crippen LogP contribution in [0.5, 0.6) is 0 Å². The molecular formula is C21H26FN3O3S2. The maximum Gasteiger partial charge on any atom is 0.328 e. The zero-order valence-electron chi connectivity index (χ0n) is 17.1. The van der Waals surface area contributed by atoms with E-state index in [-0.39, 0.29) is 11.8 Å². The fourth-order valence-corrected chi connectivity index (χ4v) is 5.18. The predicted molar refractivity (Wildman–Crippen MR) is 119 cm³/mol. The van der Waals surface area contributed by atoms with E-state index >= 15 is 0 Å². The summed E-state index contributed by atoms with van der Waals surface area (Å²) in [5, 5.41) is 12.5. The van der Waals surface area contributed by atoms with Gasteiger partial charge in [0.05, 0.1) is 15.8 Å². The molecule has 6 nitrogen and oxygen atoms in total. The van der Waals surface area contributed by atoms with E-state index in [4.69, 9.17) is 0 Å². The number of carbonyl (C=O) groups excluding carboxylic acids is 1. The highest BCUT2D eigenvalue weighted by atomic mass is 32.2. The van der Waals surface area contributed by atoms with Crippen LogP contribution in [0, 0.1) is 17.2 Å². The number of halogens is 1. The number of amides is 2. The van der Waals surface area contributed by atoms with Gasteiger partial charge in [-0.25, -0.2) is 14.2 Å². The number of carboxylic acid groups (broad SMARTS) is 1. The Morgan fingerprint density at radius 3 is 2.60 bits per heavy atom. The summed E-state index contributed by atoms with van der Waals surface area (Å²) in [5.41, 5.74) is -0.200. The number of thiazole rings is 1. The normalized spacial score (nSPS) is 14.6. The fraction of sp³-hybridized carbons (Fsp3) is 0.476. The summed E-state index contributed by atoms with van der Waals surface area (Å²) in [4.78, 5) is 30.2. The molecule has 30 heavy (non-hydrogen) atoms. The molecule has 1 aromatic carbocycles. The van der Waals surface area contributed by atoms with E-state index in [1.165, 1.54) is 48.1 Å². The summed E-state index contributed by atoms with van der Waals surface area (Å²) in [6, 6.07) is 5.63. The van der Waals surface area contributed by atoms with Gasteiger partial charge in [-0.2, -0.15) is 0 Å². The lowest BCUT2D eigenvalue weighted by Crippen LogP contribution is -2.38. The number of rotatable bonds is 8. The second kappa shape index (κ2) is 9.78. The van der Waals surface area contributed by atoms with Gasteiger partial charge in [0, 0.05) is 18.0 Å². The van der Waals surface area contributed by atoms with E-state index in [0.717, 1.165) is 17.1 Å². The molecule has 1 heterocycles. The first kappa shape index (κ1) is 22.6. The molecule has 1 saturated carbocycles. The second-order valence-corrected chi connectivity index (χ2v) is 10.4. The van der Waals surface area contributed by atoms with Crippen molar-refractivity contribution < 1.29 is 19.1 Å². The molecule has 9 heteroatoms. The summed E-state index contributed by atoms with van der Waals surface area (Å²) in [7, 11) is 0. The lowest BCUT2D eigenvalue weighted by atomic mass is 9.97. The number of nitrogens with one attached hydrogen (secondary N) is 1. The van der Waals surface area contributed by atoms with Gasteiger partial charge < -0.3 is 5.11 Å². The van der Waals surface area contributed by atoms with Crippen molar-refractivity contribution in [3.8, 4) is 0 Å². The molecule has 0 radical (unpaired) electrons. The molecule has 0 bridgehead atoms. The highest BCUT2D eigenvalue weighted by molar-refractivity contribution is 8.01. The topological polar surface area (TPSA) is 82.5 Å². The molecule has 3 rings (SSSR count). The van der Waals surface area contributed by atoms with Crippen molar-refractivity contribution >= 4 is 45.9 Å². The van der Waals surface area contributed by atoms with Gasteiger partial charge in [-0.1, -0.05) is 24.2 Å². The number of carboxylic acids is 1. The zero-order valence-corrected chi connectivity index (χ0v) is 18.7. The average molecular weight is 452 g/mol. The Morgan fingerprint density at radius 2 is 1.97 bits per heavy atom. The number of anilines is 2. The first-order chi connectivity index (χ1) is 14.2. The van der Waals surface area contributed by atoms with Crippen LogP contribution in [0.25, 0.3) is 0 Å². The molecule has 2 amide bonds. The third-order valence-corrected chi connectivity index (χ3v) is 7.72. The molecular weight excluding hydrogens is 425 g/mol. The largest absolute Gasteiger partial charge is 0.481 e. The number of hydrogen-bond acceptors (Lipinski definition) is 5. The van der Waals surface area contributed by atoms with E-state index < -0.39 is 11.4 Å². The highest BCUT2D eigenvalue weighted by Gasteiger charge is 2.28. The van der Waals surface area contributed by atoms with Gasteiger partial charge in [0.15, 0.2) is 5.13 Å². The van der Waals surface area contributed by atoms with E-state index in [0.29, 0.717) is 29.0 Å². The Labute approximate surface area is 183 Å². The summed E-state index contributed by atoms with van der Waals surface area (Å²) in [6.45, 7) is 3.93. The van der Waals surface area contributed by atoms with Gasteiger partial charge in [-0.15, -0.1) is 11.8 Å². The van der Waals surface area contributed by atoms with Crippen molar-refractivity contribution in [2.45, 2.75) is 43.7 Å². The lowest BCUT2D eigenvalue weighted by molar-refractivity contribution is -0.145. The van der Waals surface area contributed by atoms with Crippen LogP contribution in [0.3, 0.4) is 0 Å². The van der Waals surface area contributed by atoms with Crippen LogP contribution in [0.15, 0.2) is 34.7 Å². The van der Waals surface area contributed by atoms with Crippen molar-refractivity contribution in [3.05, 3.63) is 36.3 Å². The number of benzene rings is 1. The molecule has 2 N–H and O–H groups in total. The summed E-state index contributed by atoms with van der Waals surface area (Å²) < 4.78 is 14.2. The Bertz CT molecular complexity index is 880. The smallest absolute Gasteiger partial charge is 0.328 e. The number of nitrogens with zero attached hydrogens (tertiary/aromatic N) is 2. The molecule has 2 aromatic rings. The summed E-state index contributed by atoms with van der Waals surface area (Å²) in [6.07, 6.45) is 6.15. The quantitative estimate of drug-likeness (QED) is 0.502. The molecule has 162 valence electrons. The standard InChI is InChI=1S/C21H26FN3O3S2/c1-21(2,18(26)27)13-29-17-11-23-19(30-17)24-20(28)25(12-14-5-3-4-6-14)16-9-7-15(22)8-10-16/h7-11,14H,3-6,12-13H2,1-2H3,(H,26,27)(H,23,24,28). The van der Waals surface area contributed by atoms with Crippen LogP contribution >= 0.6 is 23.1 Å². The van der Waals surface area contributed by atoms with Crippen LogP contribution < -0.4 is 10.2 Å². The maximum atomic E-state index is 13.3. The van der Waals surface area contributed by atoms with Gasteiger partial charge in [0.1, 0.15) is 5.82 Å². The number of carbonyl (C=O) groups is 2. The number of thioether (sulfide) groups is 1. The number of urea groups is 1. The van der Waals surface area contributed by atoms with Crippen LogP contribution in [0.4, 0.5) is 20.0 Å². The van der Waals surface area contributed by atoms with Crippen molar-refractivity contribution in [3.63, 3.8) is 0 Å². The van der Waals surface area contributed by atoms with E-state index in [1.54, 1.807) is 37.1 Å². The monoisotopic (exact) mass is 451 g/mol. The molecule has 1 fully saturated rings. The van der Waals surface area contributed by atoms with Crippen molar-refractivity contribution in [2.24, 2.45) is 11.3 Å².